The number of allylic oxidation sites excluding steroid dienone is 1. The van der Waals surface area contributed by atoms with Crippen LogP contribution < -0.4 is 5.32 Å². The average Bonchev–Trinajstić information content (AvgIpc) is 2.19. The Bertz CT molecular complexity index is 171. The number of hydrogen-bond acceptors (Lipinski definition) is 2. The van der Waals surface area contributed by atoms with Gasteiger partial charge in [0.25, 0.3) is 0 Å². The van der Waals surface area contributed by atoms with Gasteiger partial charge in [-0.3, -0.25) is 0 Å². The zero-order valence-electron chi connectivity index (χ0n) is 8.33. The molecular formula is C11H19NO. The van der Waals surface area contributed by atoms with Gasteiger partial charge in [-0.15, -0.1) is 0 Å². The number of ether oxygens (including phenoxy) is 1. The van der Waals surface area contributed by atoms with Crippen molar-refractivity contribution in [2.24, 2.45) is 11.8 Å². The van der Waals surface area contributed by atoms with E-state index in [0.29, 0.717) is 5.92 Å². The minimum absolute atomic E-state index is 0.613. The van der Waals surface area contributed by atoms with E-state index in [0.717, 1.165) is 19.0 Å². The first-order valence-electron chi connectivity index (χ1n) is 4.98. The van der Waals surface area contributed by atoms with Crippen molar-refractivity contribution in [1.82, 2.24) is 5.32 Å². The number of piperidine rings is 1. The fourth-order valence-electron chi connectivity index (χ4n) is 1.75. The van der Waals surface area contributed by atoms with Crippen LogP contribution in [-0.4, -0.2) is 13.1 Å². The van der Waals surface area contributed by atoms with E-state index in [2.05, 4.69) is 24.9 Å². The van der Waals surface area contributed by atoms with E-state index in [4.69, 9.17) is 4.74 Å². The van der Waals surface area contributed by atoms with Crippen LogP contribution >= 0.6 is 0 Å². The summed E-state index contributed by atoms with van der Waals surface area (Å²) in [5.74, 6) is 1.42. The van der Waals surface area contributed by atoms with Gasteiger partial charge < -0.3 is 10.1 Å². The summed E-state index contributed by atoms with van der Waals surface area (Å²) in [5.41, 5.74) is 0. The number of rotatable bonds is 4. The first-order valence-corrected chi connectivity index (χ1v) is 4.98. The highest BCUT2D eigenvalue weighted by Gasteiger charge is 2.17. The second-order valence-corrected chi connectivity index (χ2v) is 3.58. The molecular weight excluding hydrogens is 162 g/mol. The Balaban J connectivity index is 2.27. The lowest BCUT2D eigenvalue weighted by Crippen LogP contribution is -2.30. The molecule has 0 radical (unpaired) electrons. The normalized spacial score (nSPS) is 21.6. The Kier molecular flexibility index (Phi) is 4.61. The van der Waals surface area contributed by atoms with E-state index >= 15 is 0 Å². The predicted molar refractivity (Wildman–Crippen MR) is 55.2 cm³/mol. The van der Waals surface area contributed by atoms with Crippen molar-refractivity contribution < 1.29 is 4.74 Å². The summed E-state index contributed by atoms with van der Waals surface area (Å²) >= 11 is 0. The maximum Gasteiger partial charge on any atom is 0.0864 e. The summed E-state index contributed by atoms with van der Waals surface area (Å²) in [6.07, 6.45) is 7.86. The summed E-state index contributed by atoms with van der Waals surface area (Å²) in [6.45, 7) is 8.05. The van der Waals surface area contributed by atoms with Gasteiger partial charge >= 0.3 is 0 Å². The lowest BCUT2D eigenvalue weighted by Gasteiger charge is -2.26. The average molecular weight is 181 g/mol. The van der Waals surface area contributed by atoms with Crippen LogP contribution in [0, 0.1) is 11.8 Å². The maximum absolute atomic E-state index is 4.96. The molecule has 0 aromatic carbocycles. The zero-order chi connectivity index (χ0) is 9.52. The highest BCUT2D eigenvalue weighted by atomic mass is 16.5. The maximum atomic E-state index is 4.96. The van der Waals surface area contributed by atoms with Crippen LogP contribution in [0.15, 0.2) is 25.2 Å². The van der Waals surface area contributed by atoms with Crippen LogP contribution in [0.1, 0.15) is 19.8 Å². The second kappa shape index (κ2) is 5.81. The van der Waals surface area contributed by atoms with Gasteiger partial charge in [0.15, 0.2) is 0 Å². The van der Waals surface area contributed by atoms with Gasteiger partial charge in [-0.2, -0.15) is 0 Å². The van der Waals surface area contributed by atoms with Gasteiger partial charge in [-0.05, 0) is 43.8 Å². The third-order valence-electron chi connectivity index (χ3n) is 2.68. The summed E-state index contributed by atoms with van der Waals surface area (Å²) in [5, 5.41) is 3.37. The molecule has 0 saturated carbocycles. The molecule has 1 fully saturated rings. The molecule has 2 heteroatoms. The quantitative estimate of drug-likeness (QED) is 0.672. The van der Waals surface area contributed by atoms with Crippen LogP contribution in [0.4, 0.5) is 0 Å². The second-order valence-electron chi connectivity index (χ2n) is 3.58. The molecule has 0 spiro atoms. The molecule has 1 saturated heterocycles. The molecule has 0 aromatic heterocycles. The molecule has 1 rings (SSSR count). The first kappa shape index (κ1) is 10.3. The van der Waals surface area contributed by atoms with Crippen LogP contribution in [-0.2, 0) is 4.74 Å². The van der Waals surface area contributed by atoms with Crippen molar-refractivity contribution in [3.63, 3.8) is 0 Å². The first-order chi connectivity index (χ1) is 6.34. The Morgan fingerprint density at radius 1 is 1.46 bits per heavy atom. The van der Waals surface area contributed by atoms with E-state index < -0.39 is 0 Å². The lowest BCUT2D eigenvalue weighted by atomic mass is 9.86. The Hall–Kier alpha value is -0.760. The number of nitrogens with one attached hydrogen (secondary N) is 1. The van der Waals surface area contributed by atoms with Crippen molar-refractivity contribution in [3.8, 4) is 0 Å². The Morgan fingerprint density at radius 3 is 2.77 bits per heavy atom. The van der Waals surface area contributed by atoms with E-state index in [9.17, 15) is 0 Å². The molecule has 1 aliphatic heterocycles. The topological polar surface area (TPSA) is 21.3 Å². The monoisotopic (exact) mass is 181 g/mol. The Labute approximate surface area is 80.7 Å². The van der Waals surface area contributed by atoms with E-state index in [1.807, 2.05) is 0 Å². The van der Waals surface area contributed by atoms with Crippen molar-refractivity contribution in [2.75, 3.05) is 13.1 Å². The molecule has 1 unspecified atom stereocenters. The van der Waals surface area contributed by atoms with Gasteiger partial charge in [0.05, 0.1) is 12.5 Å². The predicted octanol–water partition coefficient (Wildman–Crippen LogP) is 2.30. The van der Waals surface area contributed by atoms with Crippen LogP contribution in [0.3, 0.4) is 0 Å². The molecule has 1 heterocycles. The SMILES string of the molecule is C=CO/C=C\C(C)C1CCNCC1. The van der Waals surface area contributed by atoms with Gasteiger partial charge in [0.2, 0.25) is 0 Å². The largest absolute Gasteiger partial charge is 0.474 e. The molecule has 1 aliphatic rings. The zero-order valence-corrected chi connectivity index (χ0v) is 8.33. The lowest BCUT2D eigenvalue weighted by molar-refractivity contribution is 0.307. The smallest absolute Gasteiger partial charge is 0.0864 e. The number of hydrogen-bond donors (Lipinski definition) is 1. The fourth-order valence-corrected chi connectivity index (χ4v) is 1.75. The molecule has 1 atom stereocenters. The molecule has 0 amide bonds. The van der Waals surface area contributed by atoms with Crippen molar-refractivity contribution in [1.29, 1.82) is 0 Å². The molecule has 0 aromatic rings. The fraction of sp³-hybridized carbons (Fsp3) is 0.636. The van der Waals surface area contributed by atoms with Crippen molar-refractivity contribution in [2.45, 2.75) is 19.8 Å². The third-order valence-corrected chi connectivity index (χ3v) is 2.68. The van der Waals surface area contributed by atoms with E-state index in [-0.39, 0.29) is 0 Å². The Morgan fingerprint density at radius 2 is 2.15 bits per heavy atom. The summed E-state index contributed by atoms with van der Waals surface area (Å²) in [6, 6.07) is 0. The van der Waals surface area contributed by atoms with Crippen LogP contribution in [0.2, 0.25) is 0 Å². The van der Waals surface area contributed by atoms with Crippen molar-refractivity contribution >= 4 is 0 Å². The molecule has 13 heavy (non-hydrogen) atoms. The minimum Gasteiger partial charge on any atom is -0.474 e. The standard InChI is InChI=1S/C11H19NO/c1-3-13-9-6-10(2)11-4-7-12-8-5-11/h3,6,9-12H,1,4-5,7-8H2,2H3/b9-6-. The summed E-state index contributed by atoms with van der Waals surface area (Å²) < 4.78 is 4.96. The van der Waals surface area contributed by atoms with Crippen molar-refractivity contribution in [3.05, 3.63) is 25.2 Å². The minimum atomic E-state index is 0.613. The van der Waals surface area contributed by atoms with Gasteiger partial charge in [0.1, 0.15) is 0 Å². The van der Waals surface area contributed by atoms with E-state index in [1.165, 1.54) is 19.1 Å². The van der Waals surface area contributed by atoms with Gasteiger partial charge in [0, 0.05) is 0 Å². The molecule has 2 nitrogen and oxygen atoms in total. The van der Waals surface area contributed by atoms with E-state index in [1.54, 1.807) is 6.26 Å². The summed E-state index contributed by atoms with van der Waals surface area (Å²) in [4.78, 5) is 0. The van der Waals surface area contributed by atoms with Gasteiger partial charge in [-0.25, -0.2) is 0 Å². The molecule has 0 aliphatic carbocycles. The highest BCUT2D eigenvalue weighted by Crippen LogP contribution is 2.22. The molecule has 74 valence electrons. The molecule has 1 N–H and O–H groups in total. The van der Waals surface area contributed by atoms with Crippen LogP contribution in [0.5, 0.6) is 0 Å². The summed E-state index contributed by atoms with van der Waals surface area (Å²) in [7, 11) is 0. The van der Waals surface area contributed by atoms with Crippen LogP contribution in [0.25, 0.3) is 0 Å². The van der Waals surface area contributed by atoms with Gasteiger partial charge in [-0.1, -0.05) is 13.5 Å². The molecule has 0 bridgehead atoms. The highest BCUT2D eigenvalue weighted by molar-refractivity contribution is 4.87. The third kappa shape index (κ3) is 3.64.